The van der Waals surface area contributed by atoms with Crippen molar-refractivity contribution in [2.75, 3.05) is 0 Å². The third-order valence-corrected chi connectivity index (χ3v) is 2.65. The molecular weight excluding hydrogens is 259 g/mol. The molecule has 2 rings (SSSR count). The van der Waals surface area contributed by atoms with Gasteiger partial charge in [-0.05, 0) is 13.0 Å². The Bertz CT molecular complexity index is 583. The van der Waals surface area contributed by atoms with Gasteiger partial charge in [-0.15, -0.1) is 0 Å². The quantitative estimate of drug-likeness (QED) is 0.801. The third-order valence-electron chi connectivity index (χ3n) is 2.65. The van der Waals surface area contributed by atoms with Gasteiger partial charge in [-0.1, -0.05) is 0 Å². The van der Waals surface area contributed by atoms with E-state index in [9.17, 15) is 18.0 Å². The molecule has 0 N–H and O–H groups in total. The maximum absolute atomic E-state index is 12.2. The van der Waals surface area contributed by atoms with Gasteiger partial charge in [0.15, 0.2) is 0 Å². The lowest BCUT2D eigenvalue weighted by molar-refractivity contribution is -0.0885. The van der Waals surface area contributed by atoms with Crippen LogP contribution in [0.15, 0.2) is 30.9 Å². The van der Waals surface area contributed by atoms with Crippen LogP contribution in [0.4, 0.5) is 13.2 Å². The number of nitrogens with zero attached hydrogens (tertiary/aromatic N) is 3. The monoisotopic (exact) mass is 271 g/mol. The number of hydrogen-bond acceptors (Lipinski definition) is 2. The average Bonchev–Trinajstić information content (AvgIpc) is 2.96. The van der Waals surface area contributed by atoms with Gasteiger partial charge in [-0.2, -0.15) is 18.3 Å². The van der Waals surface area contributed by atoms with E-state index in [1.54, 1.807) is 10.9 Å². The molecule has 0 bridgehead atoms. The molecular formula is C12H12F3N3O. The van der Waals surface area contributed by atoms with Gasteiger partial charge in [-0.3, -0.25) is 9.48 Å². The molecule has 7 heteroatoms. The van der Waals surface area contributed by atoms with Crippen molar-refractivity contribution in [3.8, 4) is 0 Å². The molecule has 0 unspecified atom stereocenters. The zero-order valence-electron chi connectivity index (χ0n) is 10.2. The smallest absolute Gasteiger partial charge is 0.349 e. The number of halogens is 3. The summed E-state index contributed by atoms with van der Waals surface area (Å²) in [5.74, 6) is -1.82. The summed E-state index contributed by atoms with van der Waals surface area (Å²) in [4.78, 5) is 11.0. The molecule has 0 saturated heterocycles. The van der Waals surface area contributed by atoms with Crippen LogP contribution >= 0.6 is 0 Å². The van der Waals surface area contributed by atoms with E-state index in [1.807, 2.05) is 13.1 Å². The number of aryl methyl sites for hydroxylation is 1. The minimum atomic E-state index is -4.83. The summed E-state index contributed by atoms with van der Waals surface area (Å²) in [5.41, 5.74) is 0.513. The van der Waals surface area contributed by atoms with Crippen LogP contribution in [0.1, 0.15) is 22.8 Å². The lowest BCUT2D eigenvalue weighted by Gasteiger charge is -2.02. The number of Topliss-reactive ketones (excluding diaryl/α,β-unsaturated/α-hetero) is 1. The standard InChI is InChI=1S/C12H12F3N3O/c1-2-18-7-9(5-16-18)6-17-4-3-10(8-17)11(19)12(13,14)15/h3-5,7-8H,2,6H2,1H3. The molecule has 102 valence electrons. The first kappa shape index (κ1) is 13.4. The Morgan fingerprint density at radius 3 is 2.68 bits per heavy atom. The molecule has 4 nitrogen and oxygen atoms in total. The molecule has 2 heterocycles. The second-order valence-electron chi connectivity index (χ2n) is 4.10. The van der Waals surface area contributed by atoms with Gasteiger partial charge >= 0.3 is 6.18 Å². The Morgan fingerprint density at radius 2 is 2.11 bits per heavy atom. The summed E-state index contributed by atoms with van der Waals surface area (Å²) < 4.78 is 40.0. The van der Waals surface area contributed by atoms with Crippen LogP contribution in [0.3, 0.4) is 0 Å². The van der Waals surface area contributed by atoms with Gasteiger partial charge in [0.2, 0.25) is 0 Å². The van der Waals surface area contributed by atoms with Gasteiger partial charge in [0.25, 0.3) is 5.78 Å². The Kier molecular flexibility index (Phi) is 3.46. The summed E-state index contributed by atoms with van der Waals surface area (Å²) in [6.45, 7) is 3.04. The summed E-state index contributed by atoms with van der Waals surface area (Å²) in [5, 5.41) is 4.07. The maximum Gasteiger partial charge on any atom is 0.454 e. The lowest BCUT2D eigenvalue weighted by Crippen LogP contribution is -2.22. The molecule has 0 fully saturated rings. The molecule has 2 aromatic heterocycles. The number of aromatic nitrogens is 3. The van der Waals surface area contributed by atoms with Crippen molar-refractivity contribution in [3.05, 3.63) is 42.0 Å². The number of rotatable bonds is 4. The van der Waals surface area contributed by atoms with Crippen molar-refractivity contribution in [2.24, 2.45) is 0 Å². The molecule has 0 atom stereocenters. The fraction of sp³-hybridized carbons (Fsp3) is 0.333. The predicted molar refractivity (Wildman–Crippen MR) is 61.8 cm³/mol. The van der Waals surface area contributed by atoms with Crippen molar-refractivity contribution in [2.45, 2.75) is 26.2 Å². The van der Waals surface area contributed by atoms with Crippen LogP contribution in [-0.4, -0.2) is 26.3 Å². The van der Waals surface area contributed by atoms with E-state index in [2.05, 4.69) is 5.10 Å². The van der Waals surface area contributed by atoms with Gasteiger partial charge in [-0.25, -0.2) is 0 Å². The topological polar surface area (TPSA) is 39.8 Å². The second kappa shape index (κ2) is 4.91. The molecule has 19 heavy (non-hydrogen) atoms. The fourth-order valence-electron chi connectivity index (χ4n) is 1.71. The van der Waals surface area contributed by atoms with E-state index in [4.69, 9.17) is 0 Å². The van der Waals surface area contributed by atoms with E-state index < -0.39 is 12.0 Å². The van der Waals surface area contributed by atoms with E-state index in [1.165, 1.54) is 23.0 Å². The van der Waals surface area contributed by atoms with E-state index >= 15 is 0 Å². The van der Waals surface area contributed by atoms with Crippen LogP contribution in [0, 0.1) is 0 Å². The molecule has 0 amide bonds. The van der Waals surface area contributed by atoms with Crippen molar-refractivity contribution in [1.82, 2.24) is 14.3 Å². The molecule has 0 radical (unpaired) electrons. The highest BCUT2D eigenvalue weighted by Crippen LogP contribution is 2.21. The van der Waals surface area contributed by atoms with Gasteiger partial charge in [0.1, 0.15) is 0 Å². The SMILES string of the molecule is CCn1cc(Cn2ccc(C(=O)C(F)(F)F)c2)cn1. The van der Waals surface area contributed by atoms with Crippen molar-refractivity contribution in [1.29, 1.82) is 0 Å². The Morgan fingerprint density at radius 1 is 1.37 bits per heavy atom. The Labute approximate surface area is 107 Å². The predicted octanol–water partition coefficient (Wildman–Crippen LogP) is 2.50. The number of hydrogen-bond donors (Lipinski definition) is 0. The third kappa shape index (κ3) is 3.04. The summed E-state index contributed by atoms with van der Waals surface area (Å²) in [6.07, 6.45) is 1.26. The van der Waals surface area contributed by atoms with Crippen LogP contribution in [0.2, 0.25) is 0 Å². The summed E-state index contributed by atoms with van der Waals surface area (Å²) >= 11 is 0. The molecule has 0 aliphatic heterocycles. The molecule has 0 aliphatic rings. The highest BCUT2D eigenvalue weighted by Gasteiger charge is 2.39. The largest absolute Gasteiger partial charge is 0.454 e. The van der Waals surface area contributed by atoms with Crippen LogP contribution < -0.4 is 0 Å². The van der Waals surface area contributed by atoms with Gasteiger partial charge in [0.05, 0.1) is 12.7 Å². The molecule has 0 saturated carbocycles. The first-order valence-electron chi connectivity index (χ1n) is 5.69. The zero-order valence-corrected chi connectivity index (χ0v) is 10.2. The number of carbonyl (C=O) groups is 1. The van der Waals surface area contributed by atoms with E-state index in [0.29, 0.717) is 6.54 Å². The first-order valence-corrected chi connectivity index (χ1v) is 5.69. The van der Waals surface area contributed by atoms with Crippen LogP contribution in [0.25, 0.3) is 0 Å². The van der Waals surface area contributed by atoms with Crippen molar-refractivity contribution >= 4 is 5.78 Å². The summed E-state index contributed by atoms with van der Waals surface area (Å²) in [7, 11) is 0. The Balaban J connectivity index is 2.11. The lowest BCUT2D eigenvalue weighted by atomic mass is 10.2. The minimum absolute atomic E-state index is 0.351. The first-order chi connectivity index (χ1) is 8.90. The highest BCUT2D eigenvalue weighted by atomic mass is 19.4. The molecule has 2 aromatic rings. The number of carbonyl (C=O) groups excluding carboxylic acids is 1. The van der Waals surface area contributed by atoms with Gasteiger partial charge < -0.3 is 4.57 Å². The Hall–Kier alpha value is -2.05. The van der Waals surface area contributed by atoms with Crippen molar-refractivity contribution in [3.63, 3.8) is 0 Å². The van der Waals surface area contributed by atoms with Crippen LogP contribution in [-0.2, 0) is 13.1 Å². The molecule has 0 spiro atoms. The minimum Gasteiger partial charge on any atom is -0.349 e. The maximum atomic E-state index is 12.2. The zero-order chi connectivity index (χ0) is 14.0. The van der Waals surface area contributed by atoms with Crippen LogP contribution in [0.5, 0.6) is 0 Å². The average molecular weight is 271 g/mol. The van der Waals surface area contributed by atoms with Gasteiger partial charge in [0, 0.05) is 36.3 Å². The molecule has 0 aromatic carbocycles. The number of ketones is 1. The molecule has 0 aliphatic carbocycles. The van der Waals surface area contributed by atoms with Crippen molar-refractivity contribution < 1.29 is 18.0 Å². The number of alkyl halides is 3. The second-order valence-corrected chi connectivity index (χ2v) is 4.10. The van der Waals surface area contributed by atoms with E-state index in [-0.39, 0.29) is 5.56 Å². The summed E-state index contributed by atoms with van der Waals surface area (Å²) in [6, 6.07) is 1.17. The fourth-order valence-corrected chi connectivity index (χ4v) is 1.71. The van der Waals surface area contributed by atoms with E-state index in [0.717, 1.165) is 12.1 Å². The normalized spacial score (nSPS) is 11.8. The highest BCUT2D eigenvalue weighted by molar-refractivity contribution is 6.00.